The highest BCUT2D eigenvalue weighted by Crippen LogP contribution is 2.39. The molecule has 0 bridgehead atoms. The van der Waals surface area contributed by atoms with Crippen molar-refractivity contribution in [3.8, 4) is 17.2 Å². The Balaban J connectivity index is 1.87. The van der Waals surface area contributed by atoms with E-state index in [9.17, 15) is 5.26 Å². The van der Waals surface area contributed by atoms with Crippen molar-refractivity contribution in [3.05, 3.63) is 53.7 Å². The minimum absolute atomic E-state index is 0.500. The van der Waals surface area contributed by atoms with Crippen LogP contribution in [-0.4, -0.2) is 17.7 Å². The Morgan fingerprint density at radius 2 is 1.89 bits per heavy atom. The van der Waals surface area contributed by atoms with E-state index in [1.54, 1.807) is 0 Å². The van der Waals surface area contributed by atoms with Crippen LogP contribution in [0.4, 0.5) is 5.69 Å². The predicted octanol–water partition coefficient (Wildman–Crippen LogP) is 4.77. The maximum absolute atomic E-state index is 9.39. The Morgan fingerprint density at radius 1 is 1.11 bits per heavy atom. The molecular weight excluding hydrogens is 332 g/mol. The number of nitrogen functional groups attached to an aromatic ring is 1. The quantitative estimate of drug-likeness (QED) is 0.663. The number of aromatic nitrogens is 1. The van der Waals surface area contributed by atoms with Gasteiger partial charge in [0, 0.05) is 40.4 Å². The van der Waals surface area contributed by atoms with Crippen LogP contribution in [-0.2, 0) is 0 Å². The summed E-state index contributed by atoms with van der Waals surface area (Å²) in [7, 11) is 2.06. The molecule has 1 heterocycles. The average Bonchev–Trinajstić information content (AvgIpc) is 3.08. The summed E-state index contributed by atoms with van der Waals surface area (Å²) < 4.78 is 2.43. The van der Waals surface area contributed by atoms with Gasteiger partial charge in [0.2, 0.25) is 0 Å². The summed E-state index contributed by atoms with van der Waals surface area (Å²) in [5.41, 5.74) is 12.3. The second-order valence-corrected chi connectivity index (χ2v) is 7.61. The predicted molar refractivity (Wildman–Crippen MR) is 112 cm³/mol. The Bertz CT molecular complexity index is 1020. The summed E-state index contributed by atoms with van der Waals surface area (Å²) in [5, 5.41) is 13.9. The van der Waals surface area contributed by atoms with Crippen LogP contribution in [0.2, 0.25) is 0 Å². The molecule has 138 valence electrons. The van der Waals surface area contributed by atoms with Crippen molar-refractivity contribution < 1.29 is 0 Å². The third kappa shape index (κ3) is 3.09. The van der Waals surface area contributed by atoms with Gasteiger partial charge in [0.15, 0.2) is 0 Å². The summed E-state index contributed by atoms with van der Waals surface area (Å²) in [6.45, 7) is 2.07. The molecule has 1 aliphatic carbocycles. The van der Waals surface area contributed by atoms with Crippen LogP contribution in [0.5, 0.6) is 0 Å². The molecule has 1 fully saturated rings. The molecule has 4 heteroatoms. The number of rotatable bonds is 3. The molecule has 0 atom stereocenters. The monoisotopic (exact) mass is 358 g/mol. The lowest BCUT2D eigenvalue weighted by Crippen LogP contribution is -2.30. The lowest BCUT2D eigenvalue weighted by atomic mass is 9.91. The molecule has 1 aliphatic rings. The smallest absolute Gasteiger partial charge is 0.0991 e. The first-order valence-electron chi connectivity index (χ1n) is 9.69. The number of hydrogen-bond donors (Lipinski definition) is 2. The number of fused-ring (bicyclic) bond motifs is 1. The number of nitrogens with zero attached hydrogens (tertiary/aromatic N) is 2. The van der Waals surface area contributed by atoms with Gasteiger partial charge in [0.1, 0.15) is 0 Å². The summed E-state index contributed by atoms with van der Waals surface area (Å²) >= 11 is 0. The van der Waals surface area contributed by atoms with E-state index in [0.717, 1.165) is 22.2 Å². The maximum Gasteiger partial charge on any atom is 0.0991 e. The SMILES string of the molecule is CN[C@H]1CC[C@@H](n2cc(-c3cccc(N)c3C)c3cc(C#N)ccc32)CC1. The highest BCUT2D eigenvalue weighted by atomic mass is 15.0. The second kappa shape index (κ2) is 7.09. The van der Waals surface area contributed by atoms with E-state index in [1.165, 1.54) is 36.8 Å². The molecule has 0 radical (unpaired) electrons. The molecule has 0 saturated heterocycles. The van der Waals surface area contributed by atoms with Crippen LogP contribution in [0.3, 0.4) is 0 Å². The van der Waals surface area contributed by atoms with E-state index in [4.69, 9.17) is 5.73 Å². The number of nitrogens with two attached hydrogens (primary N) is 1. The van der Waals surface area contributed by atoms with Crippen LogP contribution >= 0.6 is 0 Å². The van der Waals surface area contributed by atoms with Gasteiger partial charge in [-0.05, 0) is 75.0 Å². The molecule has 0 unspecified atom stereocenters. The van der Waals surface area contributed by atoms with Crippen molar-refractivity contribution in [3.63, 3.8) is 0 Å². The normalized spacial score (nSPS) is 19.9. The van der Waals surface area contributed by atoms with Gasteiger partial charge < -0.3 is 15.6 Å². The minimum Gasteiger partial charge on any atom is -0.398 e. The summed E-state index contributed by atoms with van der Waals surface area (Å²) in [6, 6.07) is 15.5. The third-order valence-electron chi connectivity index (χ3n) is 6.13. The van der Waals surface area contributed by atoms with Crippen LogP contribution in [0.15, 0.2) is 42.6 Å². The Kier molecular flexibility index (Phi) is 4.63. The first-order chi connectivity index (χ1) is 13.1. The first-order valence-corrected chi connectivity index (χ1v) is 9.69. The fourth-order valence-corrected chi connectivity index (χ4v) is 4.43. The number of hydrogen-bond acceptors (Lipinski definition) is 3. The van der Waals surface area contributed by atoms with Gasteiger partial charge >= 0.3 is 0 Å². The molecule has 4 nitrogen and oxygen atoms in total. The van der Waals surface area contributed by atoms with Crippen molar-refractivity contribution in [1.82, 2.24) is 9.88 Å². The lowest BCUT2D eigenvalue weighted by Gasteiger charge is -2.29. The Hall–Kier alpha value is -2.77. The van der Waals surface area contributed by atoms with Gasteiger partial charge in [-0.2, -0.15) is 5.26 Å². The van der Waals surface area contributed by atoms with E-state index in [2.05, 4.69) is 48.3 Å². The largest absolute Gasteiger partial charge is 0.398 e. The van der Waals surface area contributed by atoms with Crippen molar-refractivity contribution in [2.24, 2.45) is 0 Å². The van der Waals surface area contributed by atoms with Crippen molar-refractivity contribution in [1.29, 1.82) is 5.26 Å². The molecule has 3 aromatic rings. The van der Waals surface area contributed by atoms with Crippen molar-refractivity contribution in [2.45, 2.75) is 44.7 Å². The summed E-state index contributed by atoms with van der Waals surface area (Å²) in [4.78, 5) is 0. The highest BCUT2D eigenvalue weighted by Gasteiger charge is 2.24. The van der Waals surface area contributed by atoms with Gasteiger partial charge in [-0.15, -0.1) is 0 Å². The van der Waals surface area contributed by atoms with Gasteiger partial charge in [-0.25, -0.2) is 0 Å². The highest BCUT2D eigenvalue weighted by molar-refractivity contribution is 5.98. The number of anilines is 1. The second-order valence-electron chi connectivity index (χ2n) is 7.61. The zero-order valence-corrected chi connectivity index (χ0v) is 16.0. The zero-order chi connectivity index (χ0) is 19.0. The van der Waals surface area contributed by atoms with Crippen LogP contribution < -0.4 is 11.1 Å². The number of benzene rings is 2. The van der Waals surface area contributed by atoms with Gasteiger partial charge in [-0.1, -0.05) is 12.1 Å². The van der Waals surface area contributed by atoms with E-state index in [-0.39, 0.29) is 0 Å². The van der Waals surface area contributed by atoms with Crippen molar-refractivity contribution >= 4 is 16.6 Å². The molecule has 3 N–H and O–H groups in total. The molecule has 4 rings (SSSR count). The molecule has 1 saturated carbocycles. The Morgan fingerprint density at radius 3 is 2.59 bits per heavy atom. The van der Waals surface area contributed by atoms with Crippen LogP contribution in [0.25, 0.3) is 22.0 Å². The van der Waals surface area contributed by atoms with Crippen LogP contribution in [0.1, 0.15) is 42.9 Å². The first kappa shape index (κ1) is 17.6. The van der Waals surface area contributed by atoms with E-state index < -0.39 is 0 Å². The van der Waals surface area contributed by atoms with Crippen LogP contribution in [0, 0.1) is 18.3 Å². The van der Waals surface area contributed by atoms with Crippen molar-refractivity contribution in [2.75, 3.05) is 12.8 Å². The topological polar surface area (TPSA) is 66.8 Å². The van der Waals surface area contributed by atoms with E-state index >= 15 is 0 Å². The fraction of sp³-hybridized carbons (Fsp3) is 0.348. The molecule has 0 amide bonds. The molecule has 0 aliphatic heterocycles. The summed E-state index contributed by atoms with van der Waals surface area (Å²) in [6.07, 6.45) is 7.01. The number of nitrogens with one attached hydrogen (secondary N) is 1. The van der Waals surface area contributed by atoms with E-state index in [0.29, 0.717) is 17.6 Å². The Labute approximate surface area is 160 Å². The van der Waals surface area contributed by atoms with Gasteiger partial charge in [0.05, 0.1) is 11.6 Å². The molecule has 1 aromatic heterocycles. The average molecular weight is 358 g/mol. The molecule has 27 heavy (non-hydrogen) atoms. The van der Waals surface area contributed by atoms with Gasteiger partial charge in [0.25, 0.3) is 0 Å². The summed E-state index contributed by atoms with van der Waals surface area (Å²) in [5.74, 6) is 0. The lowest BCUT2D eigenvalue weighted by molar-refractivity contribution is 0.305. The third-order valence-corrected chi connectivity index (χ3v) is 6.13. The maximum atomic E-state index is 9.39. The zero-order valence-electron chi connectivity index (χ0n) is 16.0. The minimum atomic E-state index is 0.500. The fourth-order valence-electron chi connectivity index (χ4n) is 4.43. The molecular formula is C23H26N4. The van der Waals surface area contributed by atoms with Gasteiger partial charge in [-0.3, -0.25) is 0 Å². The molecule has 0 spiro atoms. The number of nitriles is 1. The molecule has 2 aromatic carbocycles. The van der Waals surface area contributed by atoms with E-state index in [1.807, 2.05) is 24.3 Å². The standard InChI is InChI=1S/C23H26N4/c1-15-19(4-3-5-22(15)25)21-14-27(18-9-7-17(26-2)8-10-18)23-11-6-16(13-24)12-20(21)23/h3-6,11-12,14,17-18,26H,7-10,25H2,1-2H3/t17-,18+.